The van der Waals surface area contributed by atoms with E-state index in [1.54, 1.807) is 24.3 Å². The molecule has 33 heavy (non-hydrogen) atoms. The van der Waals surface area contributed by atoms with Crippen LogP contribution in [0.3, 0.4) is 0 Å². The first-order chi connectivity index (χ1) is 15.1. The molecule has 2 aliphatic rings. The van der Waals surface area contributed by atoms with Crippen molar-refractivity contribution in [3.05, 3.63) is 58.0 Å². The van der Waals surface area contributed by atoms with Gasteiger partial charge in [-0.05, 0) is 26.3 Å². The lowest BCUT2D eigenvalue weighted by Crippen LogP contribution is -2.71. The summed E-state index contributed by atoms with van der Waals surface area (Å²) < 4.78 is 14.2. The Bertz CT molecular complexity index is 1120. The Morgan fingerprint density at radius 1 is 1.24 bits per heavy atom. The van der Waals surface area contributed by atoms with Crippen LogP contribution in [0.4, 0.5) is 0 Å². The number of nitrogens with two attached hydrogens (primary N) is 1. The molecule has 0 aliphatic carbocycles. The molecular formula is C21H24ClN3O7S. The first-order valence-electron chi connectivity index (χ1n) is 9.97. The van der Waals surface area contributed by atoms with E-state index in [1.807, 2.05) is 19.9 Å². The summed E-state index contributed by atoms with van der Waals surface area (Å²) in [4.78, 5) is 50.8. The Kier molecular flexibility index (Phi) is 6.96. The first kappa shape index (κ1) is 24.9. The number of halogens is 1. The summed E-state index contributed by atoms with van der Waals surface area (Å²) >= 11 is 1.40. The number of β-lactam (4-membered cyclic amide) rings is 1. The normalized spacial score (nSPS) is 23.7. The molecule has 0 spiro atoms. The Balaban J connectivity index is 0.00000306. The van der Waals surface area contributed by atoms with E-state index in [-0.39, 0.29) is 36.4 Å². The number of carbonyl (C=O) groups excluding carboxylic acids is 3. The number of aryl methyl sites for hydroxylation is 1. The predicted molar refractivity (Wildman–Crippen MR) is 120 cm³/mol. The molecular weight excluding hydrogens is 474 g/mol. The maximum absolute atomic E-state index is 12.8. The molecule has 2 aromatic rings. The maximum atomic E-state index is 12.8. The Labute approximate surface area is 199 Å². The van der Waals surface area contributed by atoms with Crippen LogP contribution in [0.1, 0.15) is 37.0 Å². The van der Waals surface area contributed by atoms with Crippen molar-refractivity contribution in [3.63, 3.8) is 0 Å². The second-order valence-corrected chi connectivity index (χ2v) is 9.95. The Hall–Kier alpha value is -2.76. The number of hydrogen-bond donors (Lipinski definition) is 2. The fourth-order valence-electron chi connectivity index (χ4n) is 3.90. The van der Waals surface area contributed by atoms with Gasteiger partial charge in [0, 0.05) is 4.75 Å². The van der Waals surface area contributed by atoms with Gasteiger partial charge in [0.05, 0.1) is 0 Å². The van der Waals surface area contributed by atoms with Gasteiger partial charge in [0.25, 0.3) is 0 Å². The third-order valence-electron chi connectivity index (χ3n) is 5.58. The number of esters is 1. The molecule has 10 nitrogen and oxygen atoms in total. The van der Waals surface area contributed by atoms with E-state index in [4.69, 9.17) is 19.3 Å². The van der Waals surface area contributed by atoms with E-state index in [2.05, 4.69) is 5.32 Å². The van der Waals surface area contributed by atoms with Crippen molar-refractivity contribution in [1.82, 2.24) is 10.2 Å². The van der Waals surface area contributed by atoms with Crippen LogP contribution in [0.5, 0.6) is 0 Å². The first-order valence-corrected chi connectivity index (χ1v) is 10.8. The third kappa shape index (κ3) is 4.53. The zero-order valence-corrected chi connectivity index (χ0v) is 19.7. The topological polar surface area (TPSA) is 145 Å². The minimum absolute atomic E-state index is 0. The minimum atomic E-state index is -0.911. The van der Waals surface area contributed by atoms with E-state index in [1.165, 1.54) is 23.6 Å². The van der Waals surface area contributed by atoms with E-state index < -0.39 is 45.9 Å². The molecule has 0 saturated carbocycles. The van der Waals surface area contributed by atoms with Gasteiger partial charge in [-0.2, -0.15) is 0 Å². The fraction of sp³-hybridized carbons (Fsp3) is 0.429. The SMILES string of the molecule is Cc1oc(=O)oc1COC(=O)C1N2C(=O)C(NC(=O)C(N)c3ccccc3)[C@H]2SC1(C)C.Cl. The molecule has 4 atom stereocenters. The highest BCUT2D eigenvalue weighted by Gasteiger charge is 2.64. The summed E-state index contributed by atoms with van der Waals surface area (Å²) in [6.07, 6.45) is 0. The minimum Gasteiger partial charge on any atom is -0.456 e. The lowest BCUT2D eigenvalue weighted by molar-refractivity contribution is -0.165. The number of fused-ring (bicyclic) bond motifs is 1. The number of nitrogens with one attached hydrogen (secondary N) is 1. The number of nitrogens with zero attached hydrogens (tertiary/aromatic N) is 1. The second-order valence-electron chi connectivity index (χ2n) is 8.18. The molecule has 4 rings (SSSR count). The molecule has 3 heterocycles. The summed E-state index contributed by atoms with van der Waals surface area (Å²) in [6.45, 7) is 4.89. The largest absolute Gasteiger partial charge is 0.519 e. The number of thioether (sulfide) groups is 1. The van der Waals surface area contributed by atoms with Gasteiger partial charge in [0.2, 0.25) is 11.8 Å². The molecule has 2 fully saturated rings. The van der Waals surface area contributed by atoms with Crippen molar-refractivity contribution in [1.29, 1.82) is 0 Å². The standard InChI is InChI=1S/C21H23N3O7S.ClH/c1-10-12(31-20(28)30-10)9-29-19(27)15-21(2,3)32-18-14(17(26)24(15)18)23-16(25)13(22)11-7-5-4-6-8-11;/h4-8,13-15,18H,9,22H2,1-3H3,(H,23,25);1H/t13?,14?,15?,18-;/m1./s1. The van der Waals surface area contributed by atoms with Gasteiger partial charge in [-0.1, -0.05) is 30.3 Å². The fourth-order valence-corrected chi connectivity index (χ4v) is 5.52. The molecule has 12 heteroatoms. The average Bonchev–Trinajstić information content (AvgIpc) is 3.22. The van der Waals surface area contributed by atoms with Gasteiger partial charge in [-0.3, -0.25) is 9.59 Å². The van der Waals surface area contributed by atoms with Crippen LogP contribution in [-0.2, 0) is 25.7 Å². The quantitative estimate of drug-likeness (QED) is 0.444. The van der Waals surface area contributed by atoms with E-state index >= 15 is 0 Å². The molecule has 178 valence electrons. The molecule has 0 radical (unpaired) electrons. The van der Waals surface area contributed by atoms with Gasteiger partial charge < -0.3 is 29.5 Å². The summed E-state index contributed by atoms with van der Waals surface area (Å²) in [5, 5.41) is 2.29. The van der Waals surface area contributed by atoms with Crippen LogP contribution in [0.2, 0.25) is 0 Å². The highest BCUT2D eigenvalue weighted by Crippen LogP contribution is 2.51. The van der Waals surface area contributed by atoms with Crippen molar-refractivity contribution in [2.45, 2.75) is 55.6 Å². The number of carbonyl (C=O) groups is 3. The predicted octanol–water partition coefficient (Wildman–Crippen LogP) is 1.25. The monoisotopic (exact) mass is 497 g/mol. The van der Waals surface area contributed by atoms with Crippen molar-refractivity contribution < 1.29 is 28.0 Å². The summed E-state index contributed by atoms with van der Waals surface area (Å²) in [5.74, 6) is -2.03. The van der Waals surface area contributed by atoms with Crippen LogP contribution in [0, 0.1) is 6.92 Å². The molecule has 2 saturated heterocycles. The maximum Gasteiger partial charge on any atom is 0.519 e. The second kappa shape index (κ2) is 9.24. The number of benzene rings is 1. The summed E-state index contributed by atoms with van der Waals surface area (Å²) in [5.41, 5.74) is 6.66. The van der Waals surface area contributed by atoms with E-state index in [9.17, 15) is 19.2 Å². The van der Waals surface area contributed by atoms with Crippen LogP contribution in [0.15, 0.2) is 44.0 Å². The summed E-state index contributed by atoms with van der Waals surface area (Å²) in [6, 6.07) is 6.30. The van der Waals surface area contributed by atoms with E-state index in [0.717, 1.165) is 0 Å². The smallest absolute Gasteiger partial charge is 0.456 e. The van der Waals surface area contributed by atoms with E-state index in [0.29, 0.717) is 5.56 Å². The molecule has 3 unspecified atom stereocenters. The Morgan fingerprint density at radius 2 is 1.91 bits per heavy atom. The molecule has 0 bridgehead atoms. The third-order valence-corrected chi connectivity index (χ3v) is 7.16. The van der Waals surface area contributed by atoms with Gasteiger partial charge in [0.15, 0.2) is 18.1 Å². The van der Waals surface area contributed by atoms with Crippen molar-refractivity contribution >= 4 is 42.0 Å². The van der Waals surface area contributed by atoms with Gasteiger partial charge in [0.1, 0.15) is 23.5 Å². The highest BCUT2D eigenvalue weighted by atomic mass is 35.5. The zero-order chi connectivity index (χ0) is 23.2. The molecule has 2 aliphatic heterocycles. The summed E-state index contributed by atoms with van der Waals surface area (Å²) in [7, 11) is 0. The van der Waals surface area contributed by atoms with Gasteiger partial charge >= 0.3 is 11.8 Å². The molecule has 3 N–H and O–H groups in total. The highest BCUT2D eigenvalue weighted by molar-refractivity contribution is 8.01. The number of rotatable bonds is 6. The molecule has 1 aromatic carbocycles. The average molecular weight is 498 g/mol. The van der Waals surface area contributed by atoms with Crippen molar-refractivity contribution in [2.24, 2.45) is 5.73 Å². The van der Waals surface area contributed by atoms with Crippen LogP contribution in [0.25, 0.3) is 0 Å². The van der Waals surface area contributed by atoms with Gasteiger partial charge in [-0.25, -0.2) is 9.59 Å². The zero-order valence-electron chi connectivity index (χ0n) is 18.1. The number of amides is 2. The number of ether oxygens (including phenoxy) is 1. The van der Waals surface area contributed by atoms with Crippen LogP contribution >= 0.6 is 24.2 Å². The van der Waals surface area contributed by atoms with Crippen LogP contribution in [-0.4, -0.2) is 44.9 Å². The van der Waals surface area contributed by atoms with Crippen LogP contribution < -0.4 is 16.9 Å². The Morgan fingerprint density at radius 3 is 2.52 bits per heavy atom. The molecule has 1 aromatic heterocycles. The lowest BCUT2D eigenvalue weighted by Gasteiger charge is -2.44. The number of hydrogen-bond acceptors (Lipinski definition) is 9. The van der Waals surface area contributed by atoms with Crippen molar-refractivity contribution in [3.8, 4) is 0 Å². The lowest BCUT2D eigenvalue weighted by atomic mass is 9.95. The molecule has 2 amide bonds. The van der Waals surface area contributed by atoms with Gasteiger partial charge in [-0.15, -0.1) is 24.2 Å². The van der Waals surface area contributed by atoms with Crippen molar-refractivity contribution in [2.75, 3.05) is 0 Å².